The van der Waals surface area contributed by atoms with Crippen LogP contribution in [0, 0.1) is 0 Å². The van der Waals surface area contributed by atoms with Crippen LogP contribution in [-0.2, 0) is 9.59 Å². The number of hydrogen-bond donors (Lipinski definition) is 1. The molecule has 2 aliphatic heterocycles. The summed E-state index contributed by atoms with van der Waals surface area (Å²) in [5, 5.41) is 3.36. The fourth-order valence-corrected chi connectivity index (χ4v) is 3.97. The third-order valence-electron chi connectivity index (χ3n) is 5.42. The Hall–Kier alpha value is -2.77. The first-order valence-electron chi connectivity index (χ1n) is 9.84. The van der Waals surface area contributed by atoms with E-state index in [0.29, 0.717) is 25.4 Å². The van der Waals surface area contributed by atoms with Gasteiger partial charge in [-0.3, -0.25) is 9.59 Å². The summed E-state index contributed by atoms with van der Waals surface area (Å²) >= 11 is 0. The Balaban J connectivity index is 0.00000256. The molecule has 30 heavy (non-hydrogen) atoms. The number of para-hydroxylation sites is 3. The molecule has 2 amide bonds. The van der Waals surface area contributed by atoms with Gasteiger partial charge < -0.3 is 24.6 Å². The van der Waals surface area contributed by atoms with Crippen molar-refractivity contribution >= 4 is 29.9 Å². The Morgan fingerprint density at radius 1 is 1.20 bits per heavy atom. The van der Waals surface area contributed by atoms with Gasteiger partial charge in [0.25, 0.3) is 5.91 Å². The molecule has 0 aliphatic carbocycles. The number of ether oxygens (including phenoxy) is 2. The van der Waals surface area contributed by atoms with Crippen LogP contribution in [0.4, 0.5) is 5.69 Å². The van der Waals surface area contributed by atoms with E-state index in [-0.39, 0.29) is 43.3 Å². The summed E-state index contributed by atoms with van der Waals surface area (Å²) in [5.41, 5.74) is 1.71. The van der Waals surface area contributed by atoms with Crippen molar-refractivity contribution in [1.29, 1.82) is 0 Å². The largest absolute Gasteiger partial charge is 0.496 e. The van der Waals surface area contributed by atoms with Gasteiger partial charge in [0.05, 0.1) is 18.8 Å². The Kier molecular flexibility index (Phi) is 7.18. The first kappa shape index (κ1) is 21.9. The second kappa shape index (κ2) is 9.82. The minimum atomic E-state index is -0.127. The lowest BCUT2D eigenvalue weighted by atomic mass is 10.0. The topological polar surface area (TPSA) is 71.1 Å². The summed E-state index contributed by atoms with van der Waals surface area (Å²) < 4.78 is 11.0. The van der Waals surface area contributed by atoms with Crippen LogP contribution in [0.2, 0.25) is 0 Å². The van der Waals surface area contributed by atoms with E-state index in [1.807, 2.05) is 53.4 Å². The van der Waals surface area contributed by atoms with Crippen LogP contribution in [0.15, 0.2) is 48.5 Å². The molecule has 4 rings (SSSR count). The third-order valence-corrected chi connectivity index (χ3v) is 5.42. The van der Waals surface area contributed by atoms with E-state index >= 15 is 0 Å². The molecule has 1 fully saturated rings. The van der Waals surface area contributed by atoms with Crippen LogP contribution >= 0.6 is 12.4 Å². The van der Waals surface area contributed by atoms with Crippen molar-refractivity contribution < 1.29 is 19.1 Å². The Bertz CT molecular complexity index is 907. The summed E-state index contributed by atoms with van der Waals surface area (Å²) in [6, 6.07) is 15.1. The van der Waals surface area contributed by atoms with Gasteiger partial charge in [0.1, 0.15) is 11.5 Å². The zero-order valence-corrected chi connectivity index (χ0v) is 17.7. The van der Waals surface area contributed by atoms with Crippen molar-refractivity contribution in [3.8, 4) is 11.5 Å². The highest BCUT2D eigenvalue weighted by molar-refractivity contribution is 5.98. The van der Waals surface area contributed by atoms with Crippen LogP contribution in [0.25, 0.3) is 0 Å². The monoisotopic (exact) mass is 431 g/mol. The Morgan fingerprint density at radius 3 is 2.80 bits per heavy atom. The molecule has 0 saturated carbocycles. The molecule has 1 atom stereocenters. The van der Waals surface area contributed by atoms with Crippen LogP contribution in [-0.4, -0.2) is 56.6 Å². The van der Waals surface area contributed by atoms with Gasteiger partial charge in [0.2, 0.25) is 5.91 Å². The number of amides is 2. The van der Waals surface area contributed by atoms with E-state index in [0.717, 1.165) is 23.5 Å². The molecule has 1 N–H and O–H groups in total. The summed E-state index contributed by atoms with van der Waals surface area (Å²) in [6.07, 6.45) is 0.256. The minimum Gasteiger partial charge on any atom is -0.496 e. The standard InChI is InChI=1S/C22H25N3O4.ClH/c1-28-19-8-4-2-6-16(19)18-14-23-11-13-25(18)21(26)10-12-24-17-7-3-5-9-20(17)29-15-22(24)27;/h2-9,18,23H,10-15H2,1H3;1H. The lowest BCUT2D eigenvalue weighted by Crippen LogP contribution is -2.49. The van der Waals surface area contributed by atoms with Gasteiger partial charge >= 0.3 is 0 Å². The van der Waals surface area contributed by atoms with Crippen molar-refractivity contribution in [2.45, 2.75) is 12.5 Å². The van der Waals surface area contributed by atoms with E-state index < -0.39 is 0 Å². The fourth-order valence-electron chi connectivity index (χ4n) is 3.97. The van der Waals surface area contributed by atoms with Crippen molar-refractivity contribution in [3.63, 3.8) is 0 Å². The number of nitrogens with one attached hydrogen (secondary N) is 1. The molecule has 2 aromatic rings. The zero-order chi connectivity index (χ0) is 20.2. The molecule has 2 heterocycles. The fraction of sp³-hybridized carbons (Fsp3) is 0.364. The molecule has 8 heteroatoms. The Labute approximate surface area is 182 Å². The molecule has 160 valence electrons. The highest BCUT2D eigenvalue weighted by Gasteiger charge is 2.31. The predicted molar refractivity (Wildman–Crippen MR) is 116 cm³/mol. The quantitative estimate of drug-likeness (QED) is 0.787. The smallest absolute Gasteiger partial charge is 0.265 e. The Morgan fingerprint density at radius 2 is 1.97 bits per heavy atom. The average Bonchev–Trinajstić information content (AvgIpc) is 2.78. The van der Waals surface area contributed by atoms with Crippen molar-refractivity contribution in [1.82, 2.24) is 10.2 Å². The first-order chi connectivity index (χ1) is 14.2. The number of hydrogen-bond acceptors (Lipinski definition) is 5. The normalized spacial score (nSPS) is 18.2. The number of rotatable bonds is 5. The number of carbonyl (C=O) groups is 2. The lowest BCUT2D eigenvalue weighted by Gasteiger charge is -2.38. The summed E-state index contributed by atoms with van der Waals surface area (Å²) in [5.74, 6) is 1.35. The number of methoxy groups -OCH3 is 1. The molecule has 1 saturated heterocycles. The van der Waals surface area contributed by atoms with E-state index in [2.05, 4.69) is 5.32 Å². The van der Waals surface area contributed by atoms with Crippen LogP contribution in [0.3, 0.4) is 0 Å². The number of benzene rings is 2. The number of halogens is 1. The lowest BCUT2D eigenvalue weighted by molar-refractivity contribution is -0.134. The van der Waals surface area contributed by atoms with Crippen molar-refractivity contribution in [2.75, 3.05) is 44.8 Å². The number of anilines is 1. The molecule has 7 nitrogen and oxygen atoms in total. The third kappa shape index (κ3) is 4.37. The molecule has 0 spiro atoms. The highest BCUT2D eigenvalue weighted by Crippen LogP contribution is 2.33. The van der Waals surface area contributed by atoms with Crippen LogP contribution in [0.1, 0.15) is 18.0 Å². The maximum absolute atomic E-state index is 13.1. The molecular formula is C22H26ClN3O4. The minimum absolute atomic E-state index is 0. The van der Waals surface area contributed by atoms with Gasteiger partial charge in [0, 0.05) is 38.2 Å². The van der Waals surface area contributed by atoms with E-state index in [9.17, 15) is 9.59 Å². The molecule has 1 unspecified atom stereocenters. The SMILES string of the molecule is COc1ccccc1C1CNCCN1C(=O)CCN1C(=O)COc2ccccc21.Cl. The second-order valence-electron chi connectivity index (χ2n) is 7.10. The molecular weight excluding hydrogens is 406 g/mol. The van der Waals surface area contributed by atoms with E-state index in [1.54, 1.807) is 12.0 Å². The summed E-state index contributed by atoms with van der Waals surface area (Å²) in [4.78, 5) is 29.0. The van der Waals surface area contributed by atoms with Gasteiger partial charge in [0.15, 0.2) is 6.61 Å². The van der Waals surface area contributed by atoms with Gasteiger partial charge in [-0.1, -0.05) is 30.3 Å². The van der Waals surface area contributed by atoms with Crippen LogP contribution < -0.4 is 19.7 Å². The van der Waals surface area contributed by atoms with Gasteiger partial charge in [-0.2, -0.15) is 0 Å². The number of nitrogens with zero attached hydrogens (tertiary/aromatic N) is 2. The van der Waals surface area contributed by atoms with E-state index in [1.165, 1.54) is 0 Å². The molecule has 0 bridgehead atoms. The zero-order valence-electron chi connectivity index (χ0n) is 16.9. The maximum atomic E-state index is 13.1. The predicted octanol–water partition coefficient (Wildman–Crippen LogP) is 2.41. The molecule has 0 radical (unpaired) electrons. The van der Waals surface area contributed by atoms with Gasteiger partial charge in [-0.15, -0.1) is 12.4 Å². The first-order valence-corrected chi connectivity index (χ1v) is 9.84. The number of fused-ring (bicyclic) bond motifs is 1. The molecule has 0 aromatic heterocycles. The molecule has 2 aromatic carbocycles. The number of carbonyl (C=O) groups excluding carboxylic acids is 2. The highest BCUT2D eigenvalue weighted by atomic mass is 35.5. The van der Waals surface area contributed by atoms with Crippen LogP contribution in [0.5, 0.6) is 11.5 Å². The summed E-state index contributed by atoms with van der Waals surface area (Å²) in [6.45, 7) is 2.38. The second-order valence-corrected chi connectivity index (χ2v) is 7.10. The summed E-state index contributed by atoms with van der Waals surface area (Å²) in [7, 11) is 1.64. The average molecular weight is 432 g/mol. The van der Waals surface area contributed by atoms with E-state index in [4.69, 9.17) is 9.47 Å². The maximum Gasteiger partial charge on any atom is 0.265 e. The van der Waals surface area contributed by atoms with Gasteiger partial charge in [-0.05, 0) is 18.2 Å². The number of piperazine rings is 1. The van der Waals surface area contributed by atoms with Gasteiger partial charge in [-0.25, -0.2) is 0 Å². The van der Waals surface area contributed by atoms with Crippen molar-refractivity contribution in [3.05, 3.63) is 54.1 Å². The van der Waals surface area contributed by atoms with Crippen molar-refractivity contribution in [2.24, 2.45) is 0 Å². The molecule has 2 aliphatic rings.